The summed E-state index contributed by atoms with van der Waals surface area (Å²) >= 11 is 7.45. The molecule has 0 radical (unpaired) electrons. The molecule has 3 aromatic rings. The minimum atomic E-state index is -0.399. The Balaban J connectivity index is 1.74. The number of esters is 1. The number of rotatable bonds is 4. The van der Waals surface area contributed by atoms with E-state index in [4.69, 9.17) is 26.1 Å². The summed E-state index contributed by atoms with van der Waals surface area (Å²) in [5, 5.41) is 3.47. The van der Waals surface area contributed by atoms with Gasteiger partial charge in [0.25, 0.3) is 0 Å². The zero-order valence-corrected chi connectivity index (χ0v) is 14.8. The van der Waals surface area contributed by atoms with Crippen molar-refractivity contribution in [3.8, 4) is 22.0 Å². The van der Waals surface area contributed by atoms with E-state index < -0.39 is 5.97 Å². The Hall–Kier alpha value is -2.57. The normalized spacial score (nSPS) is 14.1. The average Bonchev–Trinajstić information content (AvgIpc) is 3.33. The van der Waals surface area contributed by atoms with Gasteiger partial charge >= 0.3 is 5.97 Å². The largest absolute Gasteiger partial charge is 0.495 e. The highest BCUT2D eigenvalue weighted by Crippen LogP contribution is 2.33. The lowest BCUT2D eigenvalue weighted by molar-refractivity contribution is -0.134. The van der Waals surface area contributed by atoms with E-state index in [1.165, 1.54) is 18.4 Å². The van der Waals surface area contributed by atoms with Crippen LogP contribution in [0.25, 0.3) is 27.7 Å². The molecule has 0 aliphatic carbocycles. The molecular formula is C18H13ClN2O3S. The van der Waals surface area contributed by atoms with Crippen molar-refractivity contribution in [1.29, 1.82) is 0 Å². The minimum absolute atomic E-state index is 0.149. The van der Waals surface area contributed by atoms with Crippen molar-refractivity contribution >= 4 is 34.6 Å². The third-order valence-electron chi connectivity index (χ3n) is 3.89. The Kier molecular flexibility index (Phi) is 4.07. The van der Waals surface area contributed by atoms with Gasteiger partial charge in [-0.05, 0) is 24.3 Å². The van der Waals surface area contributed by atoms with Crippen molar-refractivity contribution in [2.24, 2.45) is 0 Å². The van der Waals surface area contributed by atoms with E-state index in [1.807, 2.05) is 41.8 Å². The maximum atomic E-state index is 12.1. The van der Waals surface area contributed by atoms with E-state index in [2.05, 4.69) is 0 Å². The van der Waals surface area contributed by atoms with Gasteiger partial charge in [0.05, 0.1) is 18.5 Å². The average molecular weight is 373 g/mol. The van der Waals surface area contributed by atoms with Gasteiger partial charge in [0.2, 0.25) is 0 Å². The molecule has 25 heavy (non-hydrogen) atoms. The zero-order valence-electron chi connectivity index (χ0n) is 13.2. The summed E-state index contributed by atoms with van der Waals surface area (Å²) in [6, 6.07) is 11.3. The smallest absolute Gasteiger partial charge is 0.359 e. The number of cyclic esters (lactones) is 1. The first kappa shape index (κ1) is 15.9. The van der Waals surface area contributed by atoms with Gasteiger partial charge < -0.3 is 14.0 Å². The molecule has 1 aromatic carbocycles. The molecule has 1 aliphatic heterocycles. The molecule has 0 unspecified atom stereocenters. The molecular weight excluding hydrogens is 360 g/mol. The van der Waals surface area contributed by atoms with Crippen molar-refractivity contribution in [3.63, 3.8) is 0 Å². The number of aromatic nitrogens is 2. The lowest BCUT2D eigenvalue weighted by atomic mass is 10.2. The number of halogens is 1. The molecule has 7 heteroatoms. The highest BCUT2D eigenvalue weighted by atomic mass is 35.5. The molecule has 0 N–H and O–H groups in total. The molecule has 0 spiro atoms. The second-order valence-corrected chi connectivity index (χ2v) is 6.65. The highest BCUT2D eigenvalue weighted by molar-refractivity contribution is 7.13. The third-order valence-corrected chi connectivity index (χ3v) is 5.01. The van der Waals surface area contributed by atoms with E-state index in [1.54, 1.807) is 10.8 Å². The monoisotopic (exact) mass is 372 g/mol. The fourth-order valence-electron chi connectivity index (χ4n) is 2.66. The first-order valence-electron chi connectivity index (χ1n) is 7.51. The van der Waals surface area contributed by atoms with Crippen LogP contribution in [0.2, 0.25) is 5.02 Å². The van der Waals surface area contributed by atoms with E-state index in [-0.39, 0.29) is 6.61 Å². The standard InChI is InChI=1S/C18H13ClN2O3S/c1-23-15-9-24-18(22)16(15)21-8-2-3-14(21)17-20-13(10-25-17)11-4-6-12(19)7-5-11/h2-8,10H,9H2,1H3. The first-order chi connectivity index (χ1) is 12.2. The molecule has 126 valence electrons. The molecule has 0 saturated heterocycles. The van der Waals surface area contributed by atoms with Crippen LogP contribution in [0.5, 0.6) is 0 Å². The molecule has 5 nitrogen and oxygen atoms in total. The summed E-state index contributed by atoms with van der Waals surface area (Å²) in [5.41, 5.74) is 3.06. The summed E-state index contributed by atoms with van der Waals surface area (Å²) in [6.45, 7) is 0.149. The van der Waals surface area contributed by atoms with Crippen LogP contribution in [-0.4, -0.2) is 29.2 Å². The molecule has 2 aromatic heterocycles. The third kappa shape index (κ3) is 2.83. The Morgan fingerprint density at radius 2 is 2.08 bits per heavy atom. The number of methoxy groups -OCH3 is 1. The molecule has 1 aliphatic rings. The number of thiazole rings is 1. The van der Waals surface area contributed by atoms with Gasteiger partial charge in [-0.1, -0.05) is 23.7 Å². The summed E-state index contributed by atoms with van der Waals surface area (Å²) in [4.78, 5) is 16.8. The molecule has 4 rings (SSSR count). The molecule has 0 amide bonds. The quantitative estimate of drug-likeness (QED) is 0.640. The molecule has 0 bridgehead atoms. The minimum Gasteiger partial charge on any atom is -0.495 e. The number of ether oxygens (including phenoxy) is 2. The van der Waals surface area contributed by atoms with Gasteiger partial charge in [0.15, 0.2) is 18.1 Å². The Morgan fingerprint density at radius 1 is 1.28 bits per heavy atom. The van der Waals surface area contributed by atoms with Crippen LogP contribution >= 0.6 is 22.9 Å². The fraction of sp³-hybridized carbons (Fsp3) is 0.111. The van der Waals surface area contributed by atoms with Crippen molar-refractivity contribution in [2.75, 3.05) is 13.7 Å². The fourth-order valence-corrected chi connectivity index (χ4v) is 3.64. The number of carbonyl (C=O) groups is 1. The van der Waals surface area contributed by atoms with Crippen molar-refractivity contribution in [3.05, 3.63) is 58.8 Å². The number of carbonyl (C=O) groups excluding carboxylic acids is 1. The van der Waals surface area contributed by atoms with Gasteiger partial charge in [0, 0.05) is 22.2 Å². The number of hydrogen-bond donors (Lipinski definition) is 0. The van der Waals surface area contributed by atoms with Crippen molar-refractivity contribution in [2.45, 2.75) is 0 Å². The summed E-state index contributed by atoms with van der Waals surface area (Å²) < 4.78 is 12.1. The van der Waals surface area contributed by atoms with Crippen LogP contribution < -0.4 is 0 Å². The van der Waals surface area contributed by atoms with E-state index in [9.17, 15) is 4.79 Å². The second kappa shape index (κ2) is 6.38. The molecule has 0 fully saturated rings. The highest BCUT2D eigenvalue weighted by Gasteiger charge is 2.29. The second-order valence-electron chi connectivity index (χ2n) is 5.36. The van der Waals surface area contributed by atoms with Crippen LogP contribution in [0.4, 0.5) is 0 Å². The van der Waals surface area contributed by atoms with Crippen molar-refractivity contribution < 1.29 is 14.3 Å². The predicted molar refractivity (Wildman–Crippen MR) is 97.2 cm³/mol. The summed E-state index contributed by atoms with van der Waals surface area (Å²) in [7, 11) is 1.53. The summed E-state index contributed by atoms with van der Waals surface area (Å²) in [5.74, 6) is 0.112. The first-order valence-corrected chi connectivity index (χ1v) is 8.77. The van der Waals surface area contributed by atoms with Gasteiger partial charge in [-0.2, -0.15) is 0 Å². The van der Waals surface area contributed by atoms with Crippen molar-refractivity contribution in [1.82, 2.24) is 9.55 Å². The zero-order chi connectivity index (χ0) is 17.4. The van der Waals surface area contributed by atoms with E-state index >= 15 is 0 Å². The van der Waals surface area contributed by atoms with Crippen LogP contribution in [0.3, 0.4) is 0 Å². The Morgan fingerprint density at radius 3 is 2.84 bits per heavy atom. The Bertz CT molecular complexity index is 972. The molecule has 0 saturated carbocycles. The van der Waals surface area contributed by atoms with Crippen LogP contribution in [-0.2, 0) is 14.3 Å². The topological polar surface area (TPSA) is 53.4 Å². The molecule has 0 atom stereocenters. The lowest BCUT2D eigenvalue weighted by Gasteiger charge is -2.07. The van der Waals surface area contributed by atoms with Crippen LogP contribution in [0.15, 0.2) is 53.7 Å². The SMILES string of the molecule is COC1=C(n2cccc2-c2nc(-c3ccc(Cl)cc3)cs2)C(=O)OC1. The van der Waals surface area contributed by atoms with Gasteiger partial charge in [-0.25, -0.2) is 9.78 Å². The number of nitrogens with zero attached hydrogens (tertiary/aromatic N) is 2. The predicted octanol–water partition coefficient (Wildman–Crippen LogP) is 4.30. The maximum Gasteiger partial charge on any atom is 0.359 e. The van der Waals surface area contributed by atoms with Gasteiger partial charge in [-0.3, -0.25) is 0 Å². The van der Waals surface area contributed by atoms with E-state index in [0.29, 0.717) is 16.5 Å². The maximum absolute atomic E-state index is 12.1. The summed E-state index contributed by atoms with van der Waals surface area (Å²) in [6.07, 6.45) is 1.81. The number of hydrogen-bond acceptors (Lipinski definition) is 5. The lowest BCUT2D eigenvalue weighted by Crippen LogP contribution is -2.07. The van der Waals surface area contributed by atoms with Crippen LogP contribution in [0, 0.1) is 0 Å². The van der Waals surface area contributed by atoms with E-state index in [0.717, 1.165) is 22.0 Å². The van der Waals surface area contributed by atoms with Gasteiger partial charge in [0.1, 0.15) is 5.01 Å². The van der Waals surface area contributed by atoms with Crippen LogP contribution in [0.1, 0.15) is 0 Å². The van der Waals surface area contributed by atoms with Gasteiger partial charge in [-0.15, -0.1) is 11.3 Å². The Labute approximate surface area is 153 Å². The number of benzene rings is 1. The molecule has 3 heterocycles.